The zero-order chi connectivity index (χ0) is 9.35. The summed E-state index contributed by atoms with van der Waals surface area (Å²) < 4.78 is 36.1. The van der Waals surface area contributed by atoms with Gasteiger partial charge >= 0.3 is 6.98 Å². The molecule has 0 aliphatic carbocycles. The Labute approximate surface area is 76.6 Å². The normalized spacial score (nSPS) is 11.8. The standard InChI is InChI=1S/C5H2BCl2F3N/c7-4-1-3(6(9,10)11)2-12-5(4)8/h1-2H/q-1. The van der Waals surface area contributed by atoms with Crippen molar-refractivity contribution < 1.29 is 12.9 Å². The molecule has 0 saturated heterocycles. The van der Waals surface area contributed by atoms with Gasteiger partial charge in [-0.25, -0.2) is 4.98 Å². The van der Waals surface area contributed by atoms with E-state index in [0.717, 1.165) is 6.07 Å². The Balaban J connectivity index is 3.14. The van der Waals surface area contributed by atoms with E-state index in [1.54, 1.807) is 0 Å². The fraction of sp³-hybridized carbons (Fsp3) is 0. The van der Waals surface area contributed by atoms with Gasteiger partial charge < -0.3 is 12.9 Å². The van der Waals surface area contributed by atoms with Gasteiger partial charge in [0.2, 0.25) is 0 Å². The predicted octanol–water partition coefficient (Wildman–Crippen LogP) is 2.44. The minimum atomic E-state index is -5.04. The van der Waals surface area contributed by atoms with Gasteiger partial charge in [-0.2, -0.15) is 0 Å². The quantitative estimate of drug-likeness (QED) is 0.517. The molecule has 1 heterocycles. The number of hydrogen-bond donors (Lipinski definition) is 0. The van der Waals surface area contributed by atoms with Crippen LogP contribution in [0.25, 0.3) is 0 Å². The second-order valence-corrected chi connectivity index (χ2v) is 2.88. The number of pyridine rings is 1. The first-order valence-corrected chi connectivity index (χ1v) is 3.68. The molecule has 1 aromatic rings. The van der Waals surface area contributed by atoms with Crippen LogP contribution in [0, 0.1) is 0 Å². The van der Waals surface area contributed by atoms with Gasteiger partial charge in [0, 0.05) is 6.20 Å². The number of rotatable bonds is 1. The lowest BCUT2D eigenvalue weighted by Gasteiger charge is -2.13. The maximum absolute atomic E-state index is 12.0. The minimum absolute atomic E-state index is 0.125. The van der Waals surface area contributed by atoms with Crippen LogP contribution >= 0.6 is 23.2 Å². The molecule has 1 aromatic heterocycles. The monoisotopic (exact) mass is 214 g/mol. The fourth-order valence-corrected chi connectivity index (χ4v) is 0.893. The third-order valence-corrected chi connectivity index (χ3v) is 1.88. The van der Waals surface area contributed by atoms with Gasteiger partial charge in [-0.3, -0.25) is 0 Å². The van der Waals surface area contributed by atoms with Crippen LogP contribution in [0.15, 0.2) is 12.3 Å². The predicted molar refractivity (Wildman–Crippen MR) is 43.0 cm³/mol. The molecule has 0 amide bonds. The van der Waals surface area contributed by atoms with E-state index in [2.05, 4.69) is 4.98 Å². The van der Waals surface area contributed by atoms with Crippen molar-refractivity contribution >= 4 is 35.6 Å². The van der Waals surface area contributed by atoms with E-state index in [9.17, 15) is 12.9 Å². The average Bonchev–Trinajstić information content (AvgIpc) is 1.92. The molecule has 0 aliphatic rings. The van der Waals surface area contributed by atoms with Crippen molar-refractivity contribution in [1.29, 1.82) is 0 Å². The third kappa shape index (κ3) is 2.05. The van der Waals surface area contributed by atoms with E-state index in [1.807, 2.05) is 0 Å². The summed E-state index contributed by atoms with van der Waals surface area (Å²) in [4.78, 5) is 3.27. The Morgan fingerprint density at radius 1 is 1.25 bits per heavy atom. The SMILES string of the molecule is F[B-](F)(F)c1cnc(Cl)c(Cl)c1. The van der Waals surface area contributed by atoms with Gasteiger partial charge in [0.25, 0.3) is 0 Å². The molecule has 0 N–H and O–H groups in total. The topological polar surface area (TPSA) is 12.9 Å². The first-order chi connectivity index (χ1) is 5.41. The average molecular weight is 215 g/mol. The molecule has 12 heavy (non-hydrogen) atoms. The van der Waals surface area contributed by atoms with Gasteiger partial charge in [0.15, 0.2) is 0 Å². The smallest absolute Gasteiger partial charge is 0.445 e. The molecule has 66 valence electrons. The molecular formula is C5H2BCl2F3N-. The molecule has 0 bridgehead atoms. The second kappa shape index (κ2) is 3.14. The van der Waals surface area contributed by atoms with Gasteiger partial charge in [-0.1, -0.05) is 34.7 Å². The highest BCUT2D eigenvalue weighted by atomic mass is 35.5. The van der Waals surface area contributed by atoms with Crippen LogP contribution in [0.5, 0.6) is 0 Å². The first-order valence-electron chi connectivity index (χ1n) is 2.92. The highest BCUT2D eigenvalue weighted by Crippen LogP contribution is 2.19. The molecule has 7 heteroatoms. The van der Waals surface area contributed by atoms with Crippen LogP contribution in [0.3, 0.4) is 0 Å². The van der Waals surface area contributed by atoms with Crippen molar-refractivity contribution in [2.75, 3.05) is 0 Å². The summed E-state index contributed by atoms with van der Waals surface area (Å²) in [6.45, 7) is -5.04. The molecule has 0 unspecified atom stereocenters. The summed E-state index contributed by atoms with van der Waals surface area (Å²) in [6.07, 6.45) is 0.661. The summed E-state index contributed by atoms with van der Waals surface area (Å²) in [7, 11) is 0. The van der Waals surface area contributed by atoms with E-state index >= 15 is 0 Å². The van der Waals surface area contributed by atoms with Crippen LogP contribution < -0.4 is 5.46 Å². The molecule has 0 saturated carbocycles. The third-order valence-electron chi connectivity index (χ3n) is 1.20. The Bertz CT molecular complexity index is 301. The Hall–Kier alpha value is -0.415. The zero-order valence-electron chi connectivity index (χ0n) is 5.57. The lowest BCUT2D eigenvalue weighted by molar-refractivity contribution is 0.500. The molecule has 0 aliphatic heterocycles. The first kappa shape index (κ1) is 9.67. The van der Waals surface area contributed by atoms with Crippen LogP contribution in [0.1, 0.15) is 0 Å². The largest absolute Gasteiger partial charge is 0.511 e. The minimum Gasteiger partial charge on any atom is -0.445 e. The Kier molecular flexibility index (Phi) is 2.53. The molecule has 0 spiro atoms. The summed E-state index contributed by atoms with van der Waals surface area (Å²) in [5.74, 6) is 0. The van der Waals surface area contributed by atoms with E-state index in [0.29, 0.717) is 6.20 Å². The van der Waals surface area contributed by atoms with E-state index in [4.69, 9.17) is 23.2 Å². The number of halogens is 5. The summed E-state index contributed by atoms with van der Waals surface area (Å²) in [5.41, 5.74) is -0.843. The van der Waals surface area contributed by atoms with Crippen molar-refractivity contribution in [3.8, 4) is 0 Å². The van der Waals surface area contributed by atoms with Crippen LogP contribution in [0.4, 0.5) is 12.9 Å². The highest BCUT2D eigenvalue weighted by Gasteiger charge is 2.26. The number of nitrogens with zero attached hydrogens (tertiary/aromatic N) is 1. The van der Waals surface area contributed by atoms with Crippen molar-refractivity contribution in [2.45, 2.75) is 0 Å². The molecular weight excluding hydrogens is 213 g/mol. The van der Waals surface area contributed by atoms with Crippen molar-refractivity contribution in [1.82, 2.24) is 4.98 Å². The Morgan fingerprint density at radius 2 is 1.83 bits per heavy atom. The van der Waals surface area contributed by atoms with Crippen LogP contribution in [0.2, 0.25) is 10.2 Å². The molecule has 1 rings (SSSR count). The number of hydrogen-bond acceptors (Lipinski definition) is 1. The Morgan fingerprint density at radius 3 is 2.25 bits per heavy atom. The van der Waals surface area contributed by atoms with E-state index in [1.165, 1.54) is 0 Å². The lowest BCUT2D eigenvalue weighted by atomic mass is 9.82. The van der Waals surface area contributed by atoms with E-state index in [-0.39, 0.29) is 10.2 Å². The molecule has 0 fully saturated rings. The fourth-order valence-electron chi connectivity index (χ4n) is 0.615. The van der Waals surface area contributed by atoms with Crippen molar-refractivity contribution in [3.63, 3.8) is 0 Å². The van der Waals surface area contributed by atoms with Crippen LogP contribution in [-0.2, 0) is 0 Å². The van der Waals surface area contributed by atoms with Crippen molar-refractivity contribution in [3.05, 3.63) is 22.4 Å². The second-order valence-electron chi connectivity index (χ2n) is 2.12. The molecule has 0 atom stereocenters. The molecule has 0 aromatic carbocycles. The van der Waals surface area contributed by atoms with Crippen molar-refractivity contribution in [2.24, 2.45) is 0 Å². The van der Waals surface area contributed by atoms with Gasteiger partial charge in [0.1, 0.15) is 5.15 Å². The number of aromatic nitrogens is 1. The zero-order valence-corrected chi connectivity index (χ0v) is 7.08. The highest BCUT2D eigenvalue weighted by molar-refractivity contribution is 6.73. The summed E-state index contributed by atoms with van der Waals surface area (Å²) in [6, 6.07) is 0.761. The maximum Gasteiger partial charge on any atom is 0.511 e. The van der Waals surface area contributed by atoms with Gasteiger partial charge in [-0.05, 0) is 0 Å². The molecule has 1 nitrogen and oxygen atoms in total. The van der Waals surface area contributed by atoms with Gasteiger partial charge in [-0.15, -0.1) is 0 Å². The van der Waals surface area contributed by atoms with Crippen LogP contribution in [-0.4, -0.2) is 12.0 Å². The summed E-state index contributed by atoms with van der Waals surface area (Å²) >= 11 is 10.7. The maximum atomic E-state index is 12.0. The molecule has 0 radical (unpaired) electrons. The van der Waals surface area contributed by atoms with Gasteiger partial charge in [0.05, 0.1) is 5.02 Å². The summed E-state index contributed by atoms with van der Waals surface area (Å²) in [5, 5.41) is -0.311. The lowest BCUT2D eigenvalue weighted by Crippen LogP contribution is -2.34. The van der Waals surface area contributed by atoms with E-state index < -0.39 is 12.4 Å².